The molecule has 210 valence electrons. The summed E-state index contributed by atoms with van der Waals surface area (Å²) in [6, 6.07) is 13.7. The molecule has 10 nitrogen and oxygen atoms in total. The van der Waals surface area contributed by atoms with E-state index in [-0.39, 0.29) is 24.9 Å². The van der Waals surface area contributed by atoms with Gasteiger partial charge in [0.15, 0.2) is 16.3 Å². The summed E-state index contributed by atoms with van der Waals surface area (Å²) in [7, 11) is 0. The van der Waals surface area contributed by atoms with E-state index in [1.54, 1.807) is 32.1 Å². The Morgan fingerprint density at radius 1 is 1.12 bits per heavy atom. The number of hydrazone groups is 1. The Morgan fingerprint density at radius 3 is 2.66 bits per heavy atom. The number of carbonyl (C=O) groups is 2. The fraction of sp³-hybridized carbons (Fsp3) is 0.300. The molecule has 0 aliphatic carbocycles. The predicted octanol–water partition coefficient (Wildman–Crippen LogP) is 3.30. The fourth-order valence-electron chi connectivity index (χ4n) is 5.21. The number of ether oxygens (including phenoxy) is 3. The zero-order chi connectivity index (χ0) is 28.7. The molecule has 41 heavy (non-hydrogen) atoms. The van der Waals surface area contributed by atoms with Gasteiger partial charge in [0, 0.05) is 0 Å². The summed E-state index contributed by atoms with van der Waals surface area (Å²) in [5.74, 6) is -0.351. The number of amides is 1. The van der Waals surface area contributed by atoms with Gasteiger partial charge in [0.25, 0.3) is 11.5 Å². The molecule has 1 amide bonds. The van der Waals surface area contributed by atoms with Gasteiger partial charge in [0.1, 0.15) is 5.92 Å². The van der Waals surface area contributed by atoms with Gasteiger partial charge in [-0.05, 0) is 56.2 Å². The Balaban J connectivity index is 1.50. The monoisotopic (exact) mass is 572 g/mol. The number of nitrogens with zero attached hydrogens (tertiary/aromatic N) is 4. The van der Waals surface area contributed by atoms with Crippen molar-refractivity contribution in [1.29, 1.82) is 0 Å². The molecule has 1 aromatic heterocycles. The number of aromatic nitrogens is 1. The lowest BCUT2D eigenvalue weighted by Gasteiger charge is -2.25. The van der Waals surface area contributed by atoms with Gasteiger partial charge in [-0.15, -0.1) is 0 Å². The van der Waals surface area contributed by atoms with Crippen LogP contribution in [-0.4, -0.2) is 35.6 Å². The average molecular weight is 573 g/mol. The molecular weight excluding hydrogens is 544 g/mol. The van der Waals surface area contributed by atoms with Crippen LogP contribution in [0.1, 0.15) is 45.2 Å². The standard InChI is InChI=1S/C30H28N4O6S/c1-4-9-21-25(29(37)38-5-2)26(18-12-13-22-23(14-18)40-16-39-22)33-28(36)24(41-30(33)31-21)15-20-17(3)32-34(27(20)35)19-10-7-6-8-11-19/h6-8,10-15,20,26H,4-5,9,16H2,1-3H3/b24-15+/t20-,26+/m0/s1. The third-order valence-corrected chi connectivity index (χ3v) is 8.11. The smallest absolute Gasteiger partial charge is 0.338 e. The van der Waals surface area contributed by atoms with E-state index in [1.807, 2.05) is 43.3 Å². The van der Waals surface area contributed by atoms with Crippen molar-refractivity contribution in [3.63, 3.8) is 0 Å². The highest BCUT2D eigenvalue weighted by molar-refractivity contribution is 7.07. The second kappa shape index (κ2) is 10.8. The second-order valence-electron chi connectivity index (χ2n) is 9.75. The Morgan fingerprint density at radius 2 is 1.90 bits per heavy atom. The molecule has 0 saturated carbocycles. The maximum Gasteiger partial charge on any atom is 0.338 e. The van der Waals surface area contributed by atoms with Crippen LogP contribution in [0.3, 0.4) is 0 Å². The van der Waals surface area contributed by atoms with Gasteiger partial charge in [-0.1, -0.05) is 48.9 Å². The fourth-order valence-corrected chi connectivity index (χ4v) is 6.24. The van der Waals surface area contributed by atoms with Crippen LogP contribution >= 0.6 is 11.3 Å². The minimum atomic E-state index is -0.793. The number of fused-ring (bicyclic) bond motifs is 2. The number of hydrogen-bond acceptors (Lipinski definition) is 9. The number of rotatable bonds is 7. The Bertz CT molecular complexity index is 1790. The molecule has 0 spiro atoms. The van der Waals surface area contributed by atoms with Crippen molar-refractivity contribution >= 4 is 40.7 Å². The summed E-state index contributed by atoms with van der Waals surface area (Å²) in [5, 5.41) is 5.83. The van der Waals surface area contributed by atoms with Crippen LogP contribution in [-0.2, 0) is 14.3 Å². The number of hydrogen-bond donors (Lipinski definition) is 0. The molecular formula is C30H28N4O6S. The zero-order valence-electron chi connectivity index (χ0n) is 22.8. The van der Waals surface area contributed by atoms with E-state index in [0.717, 1.165) is 6.42 Å². The van der Waals surface area contributed by atoms with Gasteiger partial charge < -0.3 is 14.2 Å². The third-order valence-electron chi connectivity index (χ3n) is 7.11. The van der Waals surface area contributed by atoms with Crippen molar-refractivity contribution in [2.75, 3.05) is 18.4 Å². The number of para-hydroxylation sites is 1. The molecule has 4 heterocycles. The van der Waals surface area contributed by atoms with Gasteiger partial charge in [0.2, 0.25) is 6.79 Å². The zero-order valence-corrected chi connectivity index (χ0v) is 23.6. The highest BCUT2D eigenvalue weighted by atomic mass is 32.1. The molecule has 2 atom stereocenters. The molecule has 0 saturated heterocycles. The molecule has 0 unspecified atom stereocenters. The molecule has 11 heteroatoms. The molecule has 3 aromatic rings. The first-order valence-corrected chi connectivity index (χ1v) is 14.3. The summed E-state index contributed by atoms with van der Waals surface area (Å²) in [4.78, 5) is 46.0. The first-order valence-electron chi connectivity index (χ1n) is 13.5. The predicted molar refractivity (Wildman–Crippen MR) is 154 cm³/mol. The molecule has 3 aliphatic rings. The number of anilines is 1. The Kier molecular flexibility index (Phi) is 7.04. The minimum Gasteiger partial charge on any atom is -0.463 e. The van der Waals surface area contributed by atoms with Crippen LogP contribution in [0.15, 0.2) is 74.7 Å². The quantitative estimate of drug-likeness (QED) is 0.402. The van der Waals surface area contributed by atoms with Gasteiger partial charge in [-0.2, -0.15) is 10.1 Å². The first-order chi connectivity index (χ1) is 19.9. The van der Waals surface area contributed by atoms with Gasteiger partial charge in [-0.3, -0.25) is 14.2 Å². The van der Waals surface area contributed by atoms with Crippen LogP contribution in [0.25, 0.3) is 6.08 Å². The van der Waals surface area contributed by atoms with E-state index < -0.39 is 17.9 Å². The lowest BCUT2D eigenvalue weighted by molar-refractivity contribution is -0.139. The van der Waals surface area contributed by atoms with Gasteiger partial charge in [-0.25, -0.2) is 9.79 Å². The Hall–Kier alpha value is -4.51. The van der Waals surface area contributed by atoms with Crippen LogP contribution in [0.5, 0.6) is 11.5 Å². The van der Waals surface area contributed by atoms with E-state index in [2.05, 4.69) is 5.10 Å². The summed E-state index contributed by atoms with van der Waals surface area (Å²) in [5.41, 5.74) is 2.44. The lowest BCUT2D eigenvalue weighted by atomic mass is 9.94. The maximum atomic E-state index is 14.1. The Labute approximate surface area is 239 Å². The summed E-state index contributed by atoms with van der Waals surface area (Å²) in [6.07, 6.45) is 2.92. The van der Waals surface area contributed by atoms with Crippen molar-refractivity contribution in [3.8, 4) is 11.5 Å². The van der Waals surface area contributed by atoms with Crippen LogP contribution < -0.4 is 29.4 Å². The number of carbonyl (C=O) groups excluding carboxylic acids is 2. The number of thiazole rings is 1. The third kappa shape index (κ3) is 4.65. The van der Waals surface area contributed by atoms with E-state index in [9.17, 15) is 14.4 Å². The van der Waals surface area contributed by atoms with Crippen molar-refractivity contribution in [2.45, 2.75) is 39.7 Å². The maximum absolute atomic E-state index is 14.1. The van der Waals surface area contributed by atoms with Crippen LogP contribution in [0.2, 0.25) is 0 Å². The largest absolute Gasteiger partial charge is 0.463 e. The average Bonchev–Trinajstić information content (AvgIpc) is 3.65. The normalized spacial score (nSPS) is 19.8. The SMILES string of the molecule is CCCC1=C(C(=O)OCC)[C@@H](c2ccc3c(c2)OCO3)n2c(s/c(=C/[C@@H]3C(=O)N(c4ccccc4)N=C3C)c2=O)=N1. The molecule has 0 bridgehead atoms. The number of allylic oxidation sites excluding steroid dienone is 1. The highest BCUT2D eigenvalue weighted by Gasteiger charge is 2.37. The van der Waals surface area contributed by atoms with Gasteiger partial charge >= 0.3 is 5.97 Å². The summed E-state index contributed by atoms with van der Waals surface area (Å²) in [6.45, 7) is 5.79. The van der Waals surface area contributed by atoms with E-state index >= 15 is 0 Å². The summed E-state index contributed by atoms with van der Waals surface area (Å²) >= 11 is 1.19. The van der Waals surface area contributed by atoms with Crippen molar-refractivity contribution in [1.82, 2.24) is 4.57 Å². The molecule has 6 rings (SSSR count). The van der Waals surface area contributed by atoms with E-state index in [4.69, 9.17) is 19.2 Å². The van der Waals surface area contributed by atoms with Crippen LogP contribution in [0.4, 0.5) is 5.69 Å². The van der Waals surface area contributed by atoms with Gasteiger partial charge in [0.05, 0.1) is 39.9 Å². The van der Waals surface area contributed by atoms with Crippen LogP contribution in [0, 0.1) is 5.92 Å². The molecule has 2 aromatic carbocycles. The second-order valence-corrected chi connectivity index (χ2v) is 10.8. The molecule has 0 fully saturated rings. The van der Waals surface area contributed by atoms with Crippen molar-refractivity contribution in [3.05, 3.63) is 85.1 Å². The van der Waals surface area contributed by atoms with E-state index in [0.29, 0.717) is 55.5 Å². The molecule has 0 N–H and O–H groups in total. The molecule has 0 radical (unpaired) electrons. The first kappa shape index (κ1) is 26.7. The topological polar surface area (TPSA) is 112 Å². The van der Waals surface area contributed by atoms with Crippen molar-refractivity contribution < 1.29 is 23.8 Å². The number of benzene rings is 2. The minimum absolute atomic E-state index is 0.0967. The summed E-state index contributed by atoms with van der Waals surface area (Å²) < 4.78 is 18.4. The lowest BCUT2D eigenvalue weighted by Crippen LogP contribution is -2.40. The number of esters is 1. The van der Waals surface area contributed by atoms with E-state index in [1.165, 1.54) is 20.9 Å². The van der Waals surface area contributed by atoms with Crippen molar-refractivity contribution in [2.24, 2.45) is 16.0 Å². The molecule has 3 aliphatic heterocycles. The highest BCUT2D eigenvalue weighted by Crippen LogP contribution is 2.39.